The molecule has 0 bridgehead atoms. The lowest BCUT2D eigenvalue weighted by atomic mass is 10.2. The zero-order valence-electron chi connectivity index (χ0n) is 14.8. The summed E-state index contributed by atoms with van der Waals surface area (Å²) in [4.78, 5) is 11.8. The molecule has 3 rings (SSSR count). The van der Waals surface area contributed by atoms with Crippen LogP contribution in [0.2, 0.25) is 0 Å². The Morgan fingerprint density at radius 3 is 2.40 bits per heavy atom. The number of hydrogen-bond acceptors (Lipinski definition) is 4. The molecule has 0 saturated carbocycles. The van der Waals surface area contributed by atoms with Gasteiger partial charge in [-0.25, -0.2) is 4.79 Å². The molecule has 2 heterocycles. The number of rotatable bonds is 6. The van der Waals surface area contributed by atoms with Gasteiger partial charge in [-0.15, -0.1) is 0 Å². The molecule has 25 heavy (non-hydrogen) atoms. The predicted octanol–water partition coefficient (Wildman–Crippen LogP) is 2.97. The van der Waals surface area contributed by atoms with Crippen molar-refractivity contribution in [2.45, 2.75) is 33.9 Å². The highest BCUT2D eigenvalue weighted by Gasteiger charge is 2.14. The van der Waals surface area contributed by atoms with Crippen molar-refractivity contribution in [3.63, 3.8) is 0 Å². The molecule has 0 aliphatic rings. The van der Waals surface area contributed by atoms with E-state index in [0.29, 0.717) is 18.8 Å². The molecule has 0 saturated heterocycles. The number of hydrogen-bond donors (Lipinski definition) is 0. The molecule has 6 heteroatoms. The predicted molar refractivity (Wildman–Crippen MR) is 94.5 cm³/mol. The van der Waals surface area contributed by atoms with Crippen LogP contribution in [0.1, 0.15) is 40.1 Å². The molecular weight excluding hydrogens is 316 g/mol. The first kappa shape index (κ1) is 17.0. The van der Waals surface area contributed by atoms with Gasteiger partial charge >= 0.3 is 5.97 Å². The lowest BCUT2D eigenvalue weighted by Crippen LogP contribution is -2.09. The molecule has 0 radical (unpaired) electrons. The summed E-state index contributed by atoms with van der Waals surface area (Å²) in [6, 6.07) is 14.0. The SMILES string of the molecule is CCOC(=O)c1cc(C)n(Cc2cc(C)n(Cc3ccccc3)n2)n1. The van der Waals surface area contributed by atoms with Crippen molar-refractivity contribution in [1.82, 2.24) is 19.6 Å². The van der Waals surface area contributed by atoms with E-state index < -0.39 is 5.97 Å². The van der Waals surface area contributed by atoms with E-state index >= 15 is 0 Å². The van der Waals surface area contributed by atoms with Crippen LogP contribution < -0.4 is 0 Å². The van der Waals surface area contributed by atoms with Gasteiger partial charge in [-0.3, -0.25) is 9.36 Å². The van der Waals surface area contributed by atoms with E-state index in [-0.39, 0.29) is 0 Å². The fraction of sp³-hybridized carbons (Fsp3) is 0.316. The van der Waals surface area contributed by atoms with Crippen LogP contribution in [0.5, 0.6) is 0 Å². The van der Waals surface area contributed by atoms with Crippen molar-refractivity contribution in [2.75, 3.05) is 6.61 Å². The van der Waals surface area contributed by atoms with Gasteiger partial charge in [0.1, 0.15) is 0 Å². The third-order valence-corrected chi connectivity index (χ3v) is 3.98. The fourth-order valence-electron chi connectivity index (χ4n) is 2.70. The molecule has 0 amide bonds. The van der Waals surface area contributed by atoms with Crippen LogP contribution in [-0.4, -0.2) is 32.1 Å². The topological polar surface area (TPSA) is 61.9 Å². The second-order valence-corrected chi connectivity index (χ2v) is 5.97. The maximum atomic E-state index is 11.8. The Morgan fingerprint density at radius 1 is 1.00 bits per heavy atom. The van der Waals surface area contributed by atoms with E-state index in [4.69, 9.17) is 4.74 Å². The number of esters is 1. The molecule has 0 fully saturated rings. The van der Waals surface area contributed by atoms with Gasteiger partial charge in [0.05, 0.1) is 25.4 Å². The smallest absolute Gasteiger partial charge is 0.358 e. The van der Waals surface area contributed by atoms with Crippen LogP contribution in [-0.2, 0) is 17.8 Å². The highest BCUT2D eigenvalue weighted by Crippen LogP contribution is 2.11. The van der Waals surface area contributed by atoms with E-state index in [9.17, 15) is 4.79 Å². The molecule has 0 atom stereocenters. The maximum absolute atomic E-state index is 11.8. The Labute approximate surface area is 147 Å². The first-order valence-electron chi connectivity index (χ1n) is 8.35. The van der Waals surface area contributed by atoms with Gasteiger partial charge < -0.3 is 4.74 Å². The van der Waals surface area contributed by atoms with Crippen LogP contribution >= 0.6 is 0 Å². The van der Waals surface area contributed by atoms with Crippen molar-refractivity contribution in [3.05, 3.63) is 70.8 Å². The minimum absolute atomic E-state index is 0.333. The number of carbonyl (C=O) groups is 1. The quantitative estimate of drug-likeness (QED) is 0.648. The number of nitrogens with zero attached hydrogens (tertiary/aromatic N) is 4. The average molecular weight is 338 g/mol. The lowest BCUT2D eigenvalue weighted by molar-refractivity contribution is 0.0518. The summed E-state index contributed by atoms with van der Waals surface area (Å²) in [5, 5.41) is 9.01. The Kier molecular flexibility index (Phi) is 4.97. The minimum atomic E-state index is -0.393. The summed E-state index contributed by atoms with van der Waals surface area (Å²) in [5.41, 5.74) is 4.45. The standard InChI is InChI=1S/C19H22N4O2/c1-4-25-19(24)18-11-15(3)23(21-18)13-17-10-14(2)22(20-17)12-16-8-6-5-7-9-16/h5-11H,4,12-13H2,1-3H3. The van der Waals surface area contributed by atoms with Crippen molar-refractivity contribution in [3.8, 4) is 0 Å². The molecule has 1 aromatic carbocycles. The molecule has 0 unspecified atom stereocenters. The fourth-order valence-corrected chi connectivity index (χ4v) is 2.70. The zero-order valence-corrected chi connectivity index (χ0v) is 14.8. The summed E-state index contributed by atoms with van der Waals surface area (Å²) < 4.78 is 8.76. The van der Waals surface area contributed by atoms with Gasteiger partial charge in [0.25, 0.3) is 0 Å². The van der Waals surface area contributed by atoms with Gasteiger partial charge in [-0.2, -0.15) is 10.2 Å². The highest BCUT2D eigenvalue weighted by molar-refractivity contribution is 5.87. The molecule has 3 aromatic rings. The lowest BCUT2D eigenvalue weighted by Gasteiger charge is -2.04. The molecule has 0 N–H and O–H groups in total. The van der Waals surface area contributed by atoms with Crippen LogP contribution in [0.4, 0.5) is 0 Å². The summed E-state index contributed by atoms with van der Waals surface area (Å²) in [6.45, 7) is 7.34. The van der Waals surface area contributed by atoms with E-state index in [0.717, 1.165) is 23.6 Å². The number of benzene rings is 1. The van der Waals surface area contributed by atoms with Gasteiger partial charge in [0, 0.05) is 11.4 Å². The van der Waals surface area contributed by atoms with E-state index in [1.807, 2.05) is 42.8 Å². The van der Waals surface area contributed by atoms with E-state index in [1.165, 1.54) is 5.56 Å². The number of aryl methyl sites for hydroxylation is 2. The summed E-state index contributed by atoms with van der Waals surface area (Å²) in [6.07, 6.45) is 0. The van der Waals surface area contributed by atoms with Gasteiger partial charge in [-0.1, -0.05) is 30.3 Å². The molecule has 6 nitrogen and oxygen atoms in total. The number of aromatic nitrogens is 4. The van der Waals surface area contributed by atoms with Crippen LogP contribution in [0.15, 0.2) is 42.5 Å². The number of carbonyl (C=O) groups excluding carboxylic acids is 1. The van der Waals surface area contributed by atoms with Crippen molar-refractivity contribution >= 4 is 5.97 Å². The molecule has 0 aliphatic carbocycles. The third-order valence-electron chi connectivity index (χ3n) is 3.98. The second-order valence-electron chi connectivity index (χ2n) is 5.97. The first-order valence-corrected chi connectivity index (χ1v) is 8.35. The van der Waals surface area contributed by atoms with E-state index in [2.05, 4.69) is 22.3 Å². The van der Waals surface area contributed by atoms with Gasteiger partial charge in [0.2, 0.25) is 0 Å². The second kappa shape index (κ2) is 7.34. The van der Waals surface area contributed by atoms with E-state index in [1.54, 1.807) is 17.7 Å². The van der Waals surface area contributed by atoms with Crippen LogP contribution in [0, 0.1) is 13.8 Å². The van der Waals surface area contributed by atoms with Crippen molar-refractivity contribution < 1.29 is 9.53 Å². The Hall–Kier alpha value is -2.89. The molecule has 0 aliphatic heterocycles. The largest absolute Gasteiger partial charge is 0.461 e. The first-order chi connectivity index (χ1) is 12.1. The zero-order chi connectivity index (χ0) is 17.8. The van der Waals surface area contributed by atoms with Gasteiger partial charge in [0.15, 0.2) is 5.69 Å². The number of ether oxygens (including phenoxy) is 1. The third kappa shape index (κ3) is 3.96. The Morgan fingerprint density at radius 2 is 1.68 bits per heavy atom. The maximum Gasteiger partial charge on any atom is 0.358 e. The molecule has 130 valence electrons. The summed E-state index contributed by atoms with van der Waals surface area (Å²) in [7, 11) is 0. The Bertz CT molecular complexity index is 865. The summed E-state index contributed by atoms with van der Waals surface area (Å²) in [5.74, 6) is -0.393. The van der Waals surface area contributed by atoms with Crippen LogP contribution in [0.25, 0.3) is 0 Å². The average Bonchev–Trinajstić information content (AvgIpc) is 3.12. The monoisotopic (exact) mass is 338 g/mol. The summed E-state index contributed by atoms with van der Waals surface area (Å²) >= 11 is 0. The minimum Gasteiger partial charge on any atom is -0.461 e. The molecular formula is C19H22N4O2. The van der Waals surface area contributed by atoms with Crippen LogP contribution in [0.3, 0.4) is 0 Å². The molecule has 2 aromatic heterocycles. The normalized spacial score (nSPS) is 10.8. The highest BCUT2D eigenvalue weighted by atomic mass is 16.5. The van der Waals surface area contributed by atoms with Gasteiger partial charge in [-0.05, 0) is 38.5 Å². The molecule has 0 spiro atoms. The van der Waals surface area contributed by atoms with Crippen molar-refractivity contribution in [1.29, 1.82) is 0 Å². The van der Waals surface area contributed by atoms with Crippen molar-refractivity contribution in [2.24, 2.45) is 0 Å². The Balaban J connectivity index is 1.76.